The standard InChI is InChI=1S/C16H13BrN2O/c1-11-10-13(4-7-15(11)17)16(20)19-14-5-2-12(3-6-14)8-9-18/h2-7,10H,8H2,1H3,(H,19,20). The molecule has 0 aliphatic carbocycles. The highest BCUT2D eigenvalue weighted by Gasteiger charge is 2.07. The summed E-state index contributed by atoms with van der Waals surface area (Å²) in [6.07, 6.45) is 0.375. The molecule has 0 unspecified atom stereocenters. The molecule has 100 valence electrons. The molecule has 20 heavy (non-hydrogen) atoms. The van der Waals surface area contributed by atoms with E-state index in [1.54, 1.807) is 18.2 Å². The van der Waals surface area contributed by atoms with Crippen molar-refractivity contribution < 1.29 is 4.79 Å². The van der Waals surface area contributed by atoms with Crippen molar-refractivity contribution >= 4 is 27.5 Å². The quantitative estimate of drug-likeness (QED) is 0.923. The number of hydrogen-bond acceptors (Lipinski definition) is 2. The van der Waals surface area contributed by atoms with Crippen LogP contribution in [-0.2, 0) is 6.42 Å². The minimum Gasteiger partial charge on any atom is -0.322 e. The Morgan fingerprint density at radius 3 is 2.55 bits per heavy atom. The molecule has 0 heterocycles. The summed E-state index contributed by atoms with van der Waals surface area (Å²) < 4.78 is 0.981. The third-order valence-corrected chi connectivity index (χ3v) is 3.80. The highest BCUT2D eigenvalue weighted by Crippen LogP contribution is 2.18. The van der Waals surface area contributed by atoms with Crippen LogP contribution in [0.4, 0.5) is 5.69 Å². The SMILES string of the molecule is Cc1cc(C(=O)Nc2ccc(CC#N)cc2)ccc1Br. The number of nitrogens with zero attached hydrogens (tertiary/aromatic N) is 1. The molecule has 2 aromatic rings. The van der Waals surface area contributed by atoms with E-state index in [0.29, 0.717) is 12.0 Å². The third kappa shape index (κ3) is 3.46. The topological polar surface area (TPSA) is 52.9 Å². The molecule has 3 nitrogen and oxygen atoms in total. The first-order chi connectivity index (χ1) is 9.60. The molecule has 0 aromatic heterocycles. The van der Waals surface area contributed by atoms with E-state index < -0.39 is 0 Å². The summed E-state index contributed by atoms with van der Waals surface area (Å²) in [7, 11) is 0. The lowest BCUT2D eigenvalue weighted by Gasteiger charge is -2.07. The second kappa shape index (κ2) is 6.36. The normalized spacial score (nSPS) is 9.85. The first kappa shape index (κ1) is 14.3. The van der Waals surface area contributed by atoms with E-state index in [0.717, 1.165) is 21.3 Å². The number of aryl methyl sites for hydroxylation is 1. The Bertz CT molecular complexity index is 672. The van der Waals surface area contributed by atoms with Crippen LogP contribution in [0, 0.1) is 18.3 Å². The second-order valence-electron chi connectivity index (χ2n) is 4.45. The van der Waals surface area contributed by atoms with Crippen molar-refractivity contribution in [1.82, 2.24) is 0 Å². The number of nitriles is 1. The average Bonchev–Trinajstić information content (AvgIpc) is 2.44. The predicted octanol–water partition coefficient (Wildman–Crippen LogP) is 4.08. The summed E-state index contributed by atoms with van der Waals surface area (Å²) >= 11 is 3.41. The number of carbonyl (C=O) groups is 1. The van der Waals surface area contributed by atoms with Crippen LogP contribution < -0.4 is 5.32 Å². The fourth-order valence-electron chi connectivity index (χ4n) is 1.79. The van der Waals surface area contributed by atoms with Crippen molar-refractivity contribution in [1.29, 1.82) is 5.26 Å². The van der Waals surface area contributed by atoms with Crippen LogP contribution in [0.5, 0.6) is 0 Å². The zero-order chi connectivity index (χ0) is 14.5. The monoisotopic (exact) mass is 328 g/mol. The molecule has 0 aliphatic heterocycles. The highest BCUT2D eigenvalue weighted by molar-refractivity contribution is 9.10. The molecule has 4 heteroatoms. The number of hydrogen-bond donors (Lipinski definition) is 1. The van der Waals surface area contributed by atoms with E-state index >= 15 is 0 Å². The minimum absolute atomic E-state index is 0.145. The van der Waals surface area contributed by atoms with Gasteiger partial charge in [0.25, 0.3) is 5.91 Å². The van der Waals surface area contributed by atoms with Gasteiger partial charge in [-0.25, -0.2) is 0 Å². The molecule has 1 amide bonds. The van der Waals surface area contributed by atoms with Crippen molar-refractivity contribution in [3.8, 4) is 6.07 Å². The molecule has 2 aromatic carbocycles. The van der Waals surface area contributed by atoms with Crippen molar-refractivity contribution in [2.24, 2.45) is 0 Å². The minimum atomic E-state index is -0.145. The van der Waals surface area contributed by atoms with E-state index in [1.807, 2.05) is 31.2 Å². The van der Waals surface area contributed by atoms with Gasteiger partial charge in [-0.15, -0.1) is 0 Å². The molecular weight excluding hydrogens is 316 g/mol. The summed E-state index contributed by atoms with van der Waals surface area (Å²) in [6, 6.07) is 14.8. The summed E-state index contributed by atoms with van der Waals surface area (Å²) in [5.41, 5.74) is 3.29. The van der Waals surface area contributed by atoms with Gasteiger partial charge in [0.15, 0.2) is 0 Å². The van der Waals surface area contributed by atoms with Gasteiger partial charge in [-0.05, 0) is 48.4 Å². The van der Waals surface area contributed by atoms with Gasteiger partial charge in [-0.1, -0.05) is 28.1 Å². The van der Waals surface area contributed by atoms with Gasteiger partial charge in [0.05, 0.1) is 12.5 Å². The fourth-order valence-corrected chi connectivity index (χ4v) is 2.03. The van der Waals surface area contributed by atoms with Crippen LogP contribution in [0.1, 0.15) is 21.5 Å². The molecule has 0 bridgehead atoms. The van der Waals surface area contributed by atoms with Gasteiger partial charge in [0.2, 0.25) is 0 Å². The van der Waals surface area contributed by atoms with E-state index in [9.17, 15) is 4.79 Å². The molecule has 0 aliphatic rings. The fraction of sp³-hybridized carbons (Fsp3) is 0.125. The first-order valence-corrected chi connectivity index (χ1v) is 6.93. The average molecular weight is 329 g/mol. The number of anilines is 1. The zero-order valence-corrected chi connectivity index (χ0v) is 12.6. The molecule has 2 rings (SSSR count). The Labute approximate surface area is 126 Å². The lowest BCUT2D eigenvalue weighted by molar-refractivity contribution is 0.102. The van der Waals surface area contributed by atoms with Crippen molar-refractivity contribution in [2.45, 2.75) is 13.3 Å². The van der Waals surface area contributed by atoms with Crippen LogP contribution in [-0.4, -0.2) is 5.91 Å². The van der Waals surface area contributed by atoms with Gasteiger partial charge in [-0.2, -0.15) is 5.26 Å². The van der Waals surface area contributed by atoms with Crippen molar-refractivity contribution in [3.05, 3.63) is 63.6 Å². The summed E-state index contributed by atoms with van der Waals surface area (Å²) in [6.45, 7) is 1.94. The lowest BCUT2D eigenvalue weighted by Crippen LogP contribution is -2.12. The van der Waals surface area contributed by atoms with E-state index in [2.05, 4.69) is 27.3 Å². The van der Waals surface area contributed by atoms with Crippen LogP contribution in [0.25, 0.3) is 0 Å². The maximum Gasteiger partial charge on any atom is 0.255 e. The van der Waals surface area contributed by atoms with Crippen molar-refractivity contribution in [3.63, 3.8) is 0 Å². The predicted molar refractivity (Wildman–Crippen MR) is 82.6 cm³/mol. The van der Waals surface area contributed by atoms with Gasteiger partial charge in [0, 0.05) is 15.7 Å². The Kier molecular flexibility index (Phi) is 4.54. The van der Waals surface area contributed by atoms with Crippen LogP contribution >= 0.6 is 15.9 Å². The number of carbonyl (C=O) groups excluding carboxylic acids is 1. The third-order valence-electron chi connectivity index (χ3n) is 2.92. The molecule has 1 N–H and O–H groups in total. The Hall–Kier alpha value is -2.12. The van der Waals surface area contributed by atoms with E-state index in [4.69, 9.17) is 5.26 Å². The Balaban J connectivity index is 2.11. The largest absolute Gasteiger partial charge is 0.322 e. The van der Waals surface area contributed by atoms with E-state index in [-0.39, 0.29) is 5.91 Å². The number of rotatable bonds is 3. The zero-order valence-electron chi connectivity index (χ0n) is 11.0. The number of amides is 1. The van der Waals surface area contributed by atoms with Crippen molar-refractivity contribution in [2.75, 3.05) is 5.32 Å². The van der Waals surface area contributed by atoms with E-state index in [1.165, 1.54) is 0 Å². The Morgan fingerprint density at radius 2 is 1.95 bits per heavy atom. The van der Waals surface area contributed by atoms with Gasteiger partial charge in [0.1, 0.15) is 0 Å². The van der Waals surface area contributed by atoms with Crippen LogP contribution in [0.2, 0.25) is 0 Å². The van der Waals surface area contributed by atoms with Gasteiger partial charge >= 0.3 is 0 Å². The maximum atomic E-state index is 12.1. The molecule has 0 radical (unpaired) electrons. The smallest absolute Gasteiger partial charge is 0.255 e. The molecular formula is C16H13BrN2O. The first-order valence-electron chi connectivity index (χ1n) is 6.13. The number of benzene rings is 2. The molecule has 0 saturated heterocycles. The molecule has 0 spiro atoms. The maximum absolute atomic E-state index is 12.1. The number of nitrogens with one attached hydrogen (secondary N) is 1. The lowest BCUT2D eigenvalue weighted by atomic mass is 10.1. The summed E-state index contributed by atoms with van der Waals surface area (Å²) in [5.74, 6) is -0.145. The Morgan fingerprint density at radius 1 is 1.25 bits per heavy atom. The molecule has 0 saturated carbocycles. The second-order valence-corrected chi connectivity index (χ2v) is 5.30. The van der Waals surface area contributed by atoms with Crippen LogP contribution in [0.3, 0.4) is 0 Å². The summed E-state index contributed by atoms with van der Waals surface area (Å²) in [5, 5.41) is 11.4. The van der Waals surface area contributed by atoms with Gasteiger partial charge in [-0.3, -0.25) is 4.79 Å². The molecule has 0 fully saturated rings. The molecule has 0 atom stereocenters. The number of halogens is 1. The summed E-state index contributed by atoms with van der Waals surface area (Å²) in [4.78, 5) is 12.1. The highest BCUT2D eigenvalue weighted by atomic mass is 79.9. The van der Waals surface area contributed by atoms with Gasteiger partial charge < -0.3 is 5.32 Å². The van der Waals surface area contributed by atoms with Crippen LogP contribution in [0.15, 0.2) is 46.9 Å².